The molecule has 0 heterocycles. The van der Waals surface area contributed by atoms with Gasteiger partial charge < -0.3 is 36.5 Å². The first kappa shape index (κ1) is 41.8. The summed E-state index contributed by atoms with van der Waals surface area (Å²) < 4.78 is 50.9. The maximum Gasteiger partial charge on any atom is 1.00 e. The Balaban J connectivity index is -0.0000000284. The molecule has 2 atom stereocenters. The summed E-state index contributed by atoms with van der Waals surface area (Å²) in [7, 11) is -22.6. The van der Waals surface area contributed by atoms with E-state index in [0.29, 0.717) is 0 Å². The van der Waals surface area contributed by atoms with Gasteiger partial charge in [0.1, 0.15) is 0 Å². The molecule has 0 aliphatic rings. The maximum absolute atomic E-state index is 10.7. The summed E-state index contributed by atoms with van der Waals surface area (Å²) in [6.07, 6.45) is 0. The molecule has 0 aromatic rings. The summed E-state index contributed by atoms with van der Waals surface area (Å²) >= 11 is 0. The third-order valence-corrected chi connectivity index (χ3v) is 5.63. The topological polar surface area (TPSA) is 217 Å². The Labute approximate surface area is 242 Å². The van der Waals surface area contributed by atoms with Crippen LogP contribution in [0.4, 0.5) is 0 Å². The minimum atomic E-state index is -5.77. The van der Waals surface area contributed by atoms with Gasteiger partial charge in [0.15, 0.2) is 0 Å². The van der Waals surface area contributed by atoms with Crippen molar-refractivity contribution in [2.24, 2.45) is 0 Å². The molecule has 0 aromatic heterocycles. The van der Waals surface area contributed by atoms with Crippen LogP contribution in [-0.2, 0) is 31.2 Å². The molecule has 0 saturated heterocycles. The Hall–Kier alpha value is 5.56. The first-order valence-electron chi connectivity index (χ1n) is 3.03. The molecule has 0 bridgehead atoms. The Morgan fingerprint density at radius 1 is 0.500 bits per heavy atom. The molecule has 0 aromatic carbocycles. The third kappa shape index (κ3) is 27.8. The van der Waals surface area contributed by atoms with Gasteiger partial charge >= 0.3 is 179 Å². The second-order valence-electron chi connectivity index (χ2n) is 2.16. The van der Waals surface area contributed by atoms with E-state index in [-0.39, 0.29) is 155 Å². The van der Waals surface area contributed by atoms with Gasteiger partial charge in [0.2, 0.25) is 0 Å². The van der Waals surface area contributed by atoms with E-state index in [1.807, 2.05) is 0 Å². The fraction of sp³-hybridized carbons (Fsp3) is 0. The monoisotopic (exact) mass is 458 g/mol. The van der Waals surface area contributed by atoms with Gasteiger partial charge in [0.05, 0.1) is 0 Å². The normalized spacial score (nSPS) is 15.9. The smallest absolute Gasteiger partial charge is 1.00 e. The molecule has 13 nitrogen and oxygen atoms in total. The molecule has 0 amide bonds. The minimum Gasteiger partial charge on any atom is -1.00 e. The summed E-state index contributed by atoms with van der Waals surface area (Å²) in [5, 5.41) is 0. The average molecular weight is 458 g/mol. The molecule has 0 aliphatic heterocycles. The number of rotatable bonds is 6. The van der Waals surface area contributed by atoms with Gasteiger partial charge in [0, 0.05) is 0 Å². The summed E-state index contributed by atoms with van der Waals surface area (Å²) in [6, 6.07) is 0. The molecule has 22 heteroatoms. The first-order chi connectivity index (χ1) is 7.12. The van der Waals surface area contributed by atoms with E-state index >= 15 is 0 Å². The third-order valence-electron chi connectivity index (χ3n) is 0.625. The Morgan fingerprint density at radius 2 is 0.682 bits per heavy atom. The van der Waals surface area contributed by atoms with Gasteiger partial charge in [-0.2, -0.15) is 12.9 Å². The quantitative estimate of drug-likeness (QED) is 0.161. The second kappa shape index (κ2) is 16.4. The SMILES string of the molecule is O=P(O)(O)OP(=O)(O)OP(=O)(O)OP(=O)(O)O.[H-].[H-].[H-].[H-].[H-].[Na+].[Na+].[Na+].[Na+].[Na+]. The Kier molecular flexibility index (Phi) is 31.1. The van der Waals surface area contributed by atoms with Crippen LogP contribution in [0.5, 0.6) is 0 Å². The predicted molar refractivity (Wildman–Crippen MR) is 52.6 cm³/mol. The molecule has 22 heavy (non-hydrogen) atoms. The van der Waals surface area contributed by atoms with Gasteiger partial charge in [-0.05, 0) is 0 Å². The van der Waals surface area contributed by atoms with Crippen LogP contribution in [-0.4, -0.2) is 29.4 Å². The van der Waals surface area contributed by atoms with E-state index in [4.69, 9.17) is 29.4 Å². The number of hydrogen-bond donors (Lipinski definition) is 6. The van der Waals surface area contributed by atoms with Crippen LogP contribution in [0.15, 0.2) is 0 Å². The fourth-order valence-electron chi connectivity index (χ4n) is 0.429. The maximum atomic E-state index is 10.7. The van der Waals surface area contributed by atoms with Crippen LogP contribution in [0.3, 0.4) is 0 Å². The van der Waals surface area contributed by atoms with Crippen LogP contribution in [0, 0.1) is 0 Å². The predicted octanol–water partition coefficient (Wildman–Crippen LogP) is -15.0. The summed E-state index contributed by atoms with van der Waals surface area (Å²) in [5.41, 5.74) is 0. The van der Waals surface area contributed by atoms with Gasteiger partial charge in [-0.15, -0.1) is 0 Å². The summed E-state index contributed by atoms with van der Waals surface area (Å²) in [5.74, 6) is 0. The summed E-state index contributed by atoms with van der Waals surface area (Å²) in [6.45, 7) is 0. The van der Waals surface area contributed by atoms with Crippen LogP contribution >= 0.6 is 31.3 Å². The molecular formula is H11Na5O13P4. The van der Waals surface area contributed by atoms with E-state index in [1.165, 1.54) is 0 Å². The van der Waals surface area contributed by atoms with Crippen LogP contribution in [0.1, 0.15) is 7.13 Å². The van der Waals surface area contributed by atoms with Gasteiger partial charge in [-0.25, -0.2) is 18.3 Å². The van der Waals surface area contributed by atoms with Crippen LogP contribution in [0.2, 0.25) is 0 Å². The zero-order valence-corrected chi connectivity index (χ0v) is 25.9. The van der Waals surface area contributed by atoms with E-state index in [2.05, 4.69) is 12.9 Å². The number of hydrogen-bond acceptors (Lipinski definition) is 7. The minimum absolute atomic E-state index is 0. The van der Waals surface area contributed by atoms with Crippen molar-refractivity contribution in [1.29, 1.82) is 0 Å². The molecule has 0 rings (SSSR count). The van der Waals surface area contributed by atoms with Crippen LogP contribution in [0.25, 0.3) is 0 Å². The molecule has 0 aliphatic carbocycles. The Bertz CT molecular complexity index is 438. The molecule has 0 saturated carbocycles. The van der Waals surface area contributed by atoms with Crippen molar-refractivity contribution >= 4 is 31.3 Å². The zero-order valence-electron chi connectivity index (χ0n) is 17.3. The average Bonchev–Trinajstić information content (AvgIpc) is 1.65. The van der Waals surface area contributed by atoms with E-state index in [0.717, 1.165) is 0 Å². The van der Waals surface area contributed by atoms with E-state index < -0.39 is 31.3 Å². The Morgan fingerprint density at radius 3 is 0.818 bits per heavy atom. The zero-order chi connectivity index (χ0) is 14.1. The van der Waals surface area contributed by atoms with Crippen molar-refractivity contribution in [3.63, 3.8) is 0 Å². The number of phosphoric acid groups is 4. The molecule has 2 unspecified atom stereocenters. The van der Waals surface area contributed by atoms with Crippen molar-refractivity contribution in [3.8, 4) is 0 Å². The largest absolute Gasteiger partial charge is 1.00 e. The van der Waals surface area contributed by atoms with Crippen LogP contribution < -0.4 is 148 Å². The van der Waals surface area contributed by atoms with Gasteiger partial charge in [-0.1, -0.05) is 0 Å². The molecule has 114 valence electrons. The van der Waals surface area contributed by atoms with Crippen molar-refractivity contribution in [2.75, 3.05) is 0 Å². The molecule has 0 spiro atoms. The van der Waals surface area contributed by atoms with Gasteiger partial charge in [-0.3, -0.25) is 0 Å². The standard InChI is InChI=1S/5Na.H6O13P4.5H/c;;;;;1-14(2,3)11-16(7,8)13-17(9,10)12-15(4,5)6;;;;;/h;;;;;(H,7,8)(H,9,10)(H2,1,2,3)(H2,4,5,6);;;;;/q5*+1;;5*-1. The first-order valence-corrected chi connectivity index (χ1v) is 9.08. The van der Waals surface area contributed by atoms with Crippen molar-refractivity contribution in [3.05, 3.63) is 0 Å². The van der Waals surface area contributed by atoms with E-state index in [1.54, 1.807) is 0 Å². The summed E-state index contributed by atoms with van der Waals surface area (Å²) in [4.78, 5) is 49.4. The molecular weight excluding hydrogens is 447 g/mol. The fourth-order valence-corrected chi connectivity index (χ4v) is 4.40. The molecule has 6 N–H and O–H groups in total. The van der Waals surface area contributed by atoms with Crippen molar-refractivity contribution in [1.82, 2.24) is 0 Å². The van der Waals surface area contributed by atoms with Gasteiger partial charge in [0.25, 0.3) is 0 Å². The second-order valence-corrected chi connectivity index (χ2v) is 7.96. The van der Waals surface area contributed by atoms with E-state index in [9.17, 15) is 18.3 Å². The molecule has 0 radical (unpaired) electrons. The van der Waals surface area contributed by atoms with Crippen molar-refractivity contribution in [2.45, 2.75) is 0 Å². The molecule has 0 fully saturated rings. The van der Waals surface area contributed by atoms with Crippen molar-refractivity contribution < 1.29 is 215 Å².